The van der Waals surface area contributed by atoms with E-state index in [4.69, 9.17) is 9.47 Å². The van der Waals surface area contributed by atoms with Gasteiger partial charge in [0.25, 0.3) is 0 Å². The van der Waals surface area contributed by atoms with Crippen LogP contribution < -0.4 is 4.74 Å². The van der Waals surface area contributed by atoms with E-state index in [-0.39, 0.29) is 53.7 Å². The van der Waals surface area contributed by atoms with Crippen molar-refractivity contribution < 1.29 is 29.3 Å². The average Bonchev–Trinajstić information content (AvgIpc) is 3.46. The molecule has 0 aliphatic heterocycles. The first-order valence-electron chi connectivity index (χ1n) is 13.3. The molecule has 0 bridgehead atoms. The molecule has 1 saturated carbocycles. The molecule has 11 heteroatoms. The molecule has 0 spiro atoms. The summed E-state index contributed by atoms with van der Waals surface area (Å²) in [5, 5.41) is 34.4. The second kappa shape index (κ2) is 11.9. The Labute approximate surface area is 226 Å². The molecule has 208 valence electrons. The minimum atomic E-state index is -0.828. The first-order chi connectivity index (χ1) is 18.7. The molecule has 2 aromatic heterocycles. The number of aliphatic hydroxyl groups excluding tert-OH is 2. The minimum Gasteiger partial charge on any atom is -0.458 e. The molecule has 11 nitrogen and oxygen atoms in total. The van der Waals surface area contributed by atoms with Gasteiger partial charge in [-0.3, -0.25) is 0 Å². The van der Waals surface area contributed by atoms with Gasteiger partial charge in [-0.05, 0) is 40.5 Å². The first kappa shape index (κ1) is 28.1. The van der Waals surface area contributed by atoms with Crippen molar-refractivity contribution in [3.63, 3.8) is 0 Å². The van der Waals surface area contributed by atoms with Crippen LogP contribution >= 0.6 is 0 Å². The van der Waals surface area contributed by atoms with E-state index >= 15 is 0 Å². The molecule has 2 atom stereocenters. The number of ether oxygens (including phenoxy) is 2. The molecule has 3 aromatic rings. The summed E-state index contributed by atoms with van der Waals surface area (Å²) in [6, 6.07) is 9.38. The lowest BCUT2D eigenvalue weighted by atomic mass is 9.79. The maximum absolute atomic E-state index is 13.7. The number of carbonyl (C=O) groups is 2. The molecule has 3 N–H and O–H groups in total. The van der Waals surface area contributed by atoms with Gasteiger partial charge in [-0.1, -0.05) is 36.2 Å². The molecule has 1 aliphatic rings. The summed E-state index contributed by atoms with van der Waals surface area (Å²) in [7, 11) is 0. The average molecular weight is 538 g/mol. The number of nitriles is 1. The SMILES string of the molecule is CCN(C(=O)Oc1c(C#N)c(C(=O)OC2C(CO)CCCC2CO)c2[nH]c(-c3ccc(C)cc3)nn12)C(C)C. The zero-order valence-electron chi connectivity index (χ0n) is 22.7. The molecule has 1 aromatic carbocycles. The molecular weight excluding hydrogens is 502 g/mol. The van der Waals surface area contributed by atoms with Crippen molar-refractivity contribution in [2.75, 3.05) is 19.8 Å². The molecule has 4 rings (SSSR count). The fourth-order valence-corrected chi connectivity index (χ4v) is 5.19. The van der Waals surface area contributed by atoms with Gasteiger partial charge in [-0.25, -0.2) is 9.59 Å². The summed E-state index contributed by atoms with van der Waals surface area (Å²) in [6.45, 7) is 7.44. The Morgan fingerprint density at radius 1 is 1.21 bits per heavy atom. The highest BCUT2D eigenvalue weighted by Crippen LogP contribution is 2.35. The molecule has 39 heavy (non-hydrogen) atoms. The largest absolute Gasteiger partial charge is 0.458 e. The lowest BCUT2D eigenvalue weighted by Crippen LogP contribution is -2.41. The van der Waals surface area contributed by atoms with Crippen molar-refractivity contribution >= 4 is 17.7 Å². The number of hydrogen-bond acceptors (Lipinski definition) is 8. The van der Waals surface area contributed by atoms with Crippen LogP contribution in [0.25, 0.3) is 17.0 Å². The minimum absolute atomic E-state index is 0.127. The normalized spacial score (nSPS) is 19.2. The third-order valence-electron chi connectivity index (χ3n) is 7.36. The van der Waals surface area contributed by atoms with Crippen LogP contribution in [0.3, 0.4) is 0 Å². The van der Waals surface area contributed by atoms with Gasteiger partial charge < -0.3 is 29.6 Å². The van der Waals surface area contributed by atoms with Crippen molar-refractivity contribution in [3.8, 4) is 23.3 Å². The number of nitrogens with zero attached hydrogens (tertiary/aromatic N) is 4. The second-order valence-electron chi connectivity index (χ2n) is 10.2. The van der Waals surface area contributed by atoms with Crippen molar-refractivity contribution in [1.82, 2.24) is 19.5 Å². The highest BCUT2D eigenvalue weighted by molar-refractivity contribution is 6.01. The number of aryl methyl sites for hydroxylation is 1. The Morgan fingerprint density at radius 2 is 1.85 bits per heavy atom. The molecule has 1 amide bonds. The van der Waals surface area contributed by atoms with Crippen molar-refractivity contribution in [2.24, 2.45) is 11.8 Å². The summed E-state index contributed by atoms with van der Waals surface area (Å²) >= 11 is 0. The number of aliphatic hydroxyl groups is 2. The van der Waals surface area contributed by atoms with E-state index in [9.17, 15) is 25.1 Å². The highest BCUT2D eigenvalue weighted by Gasteiger charge is 2.38. The Bertz CT molecular complexity index is 1360. The molecule has 1 fully saturated rings. The van der Waals surface area contributed by atoms with E-state index in [1.807, 2.05) is 58.0 Å². The van der Waals surface area contributed by atoms with E-state index in [0.717, 1.165) is 17.5 Å². The number of aromatic amines is 1. The van der Waals surface area contributed by atoms with Gasteiger partial charge in [0, 0.05) is 43.2 Å². The van der Waals surface area contributed by atoms with Crippen LogP contribution in [0.2, 0.25) is 0 Å². The number of carbonyl (C=O) groups excluding carboxylic acids is 2. The predicted octanol–water partition coefficient (Wildman–Crippen LogP) is 3.66. The third kappa shape index (κ3) is 5.48. The fraction of sp³-hybridized carbons (Fsp3) is 0.500. The Balaban J connectivity index is 1.82. The van der Waals surface area contributed by atoms with Gasteiger partial charge >= 0.3 is 12.1 Å². The van der Waals surface area contributed by atoms with Crippen LogP contribution in [-0.4, -0.2) is 73.7 Å². The lowest BCUT2D eigenvalue weighted by Gasteiger charge is -2.35. The number of fused-ring (bicyclic) bond motifs is 1. The zero-order chi connectivity index (χ0) is 28.3. The summed E-state index contributed by atoms with van der Waals surface area (Å²) in [4.78, 5) is 31.3. The number of hydrogen-bond donors (Lipinski definition) is 3. The number of amides is 1. The van der Waals surface area contributed by atoms with Crippen LogP contribution in [0.15, 0.2) is 24.3 Å². The number of H-pyrrole nitrogens is 1. The highest BCUT2D eigenvalue weighted by atomic mass is 16.6. The predicted molar refractivity (Wildman–Crippen MR) is 142 cm³/mol. The quantitative estimate of drug-likeness (QED) is 0.368. The van der Waals surface area contributed by atoms with Gasteiger partial charge in [0.15, 0.2) is 11.5 Å². The summed E-state index contributed by atoms with van der Waals surface area (Å²) in [5.41, 5.74) is 1.60. The second-order valence-corrected chi connectivity index (χ2v) is 10.2. The fourth-order valence-electron chi connectivity index (χ4n) is 5.19. The maximum atomic E-state index is 13.7. The van der Waals surface area contributed by atoms with Crippen molar-refractivity contribution in [1.29, 1.82) is 5.26 Å². The third-order valence-corrected chi connectivity index (χ3v) is 7.36. The standard InChI is InChI=1S/C28H35N5O6/c1-5-32(16(2)3)28(37)39-26-21(13-29)22(27(36)38-23-19(14-34)7-6-8-20(23)15-35)25-30-24(31-33(25)26)18-11-9-17(4)10-12-18/h9-12,16,19-20,23,34-35H,5-8,14-15H2,1-4H3,(H,30,31). The number of esters is 1. The van der Waals surface area contributed by atoms with E-state index in [1.54, 1.807) is 0 Å². The molecule has 0 saturated heterocycles. The van der Waals surface area contributed by atoms with Gasteiger partial charge in [0.1, 0.15) is 23.3 Å². The van der Waals surface area contributed by atoms with E-state index in [1.165, 1.54) is 9.42 Å². The van der Waals surface area contributed by atoms with Crippen LogP contribution in [-0.2, 0) is 4.74 Å². The first-order valence-corrected chi connectivity index (χ1v) is 13.3. The van der Waals surface area contributed by atoms with Gasteiger partial charge in [0.05, 0.1) is 0 Å². The zero-order valence-corrected chi connectivity index (χ0v) is 22.7. The number of rotatable bonds is 8. The van der Waals surface area contributed by atoms with Gasteiger partial charge in [-0.2, -0.15) is 9.78 Å². The Kier molecular flexibility index (Phi) is 8.57. The van der Waals surface area contributed by atoms with Crippen molar-refractivity contribution in [3.05, 3.63) is 41.0 Å². The molecular formula is C28H35N5O6. The monoisotopic (exact) mass is 537 g/mol. The summed E-state index contributed by atoms with van der Waals surface area (Å²) in [5.74, 6) is -1.30. The van der Waals surface area contributed by atoms with Gasteiger partial charge in [0.2, 0.25) is 5.88 Å². The van der Waals surface area contributed by atoms with E-state index < -0.39 is 18.2 Å². The smallest absolute Gasteiger partial charge is 0.416 e. The Morgan fingerprint density at radius 3 is 2.38 bits per heavy atom. The van der Waals surface area contributed by atoms with Crippen molar-refractivity contribution in [2.45, 2.75) is 59.1 Å². The topological polar surface area (TPSA) is 153 Å². The molecule has 1 aliphatic carbocycles. The lowest BCUT2D eigenvalue weighted by molar-refractivity contribution is -0.0493. The number of nitrogens with one attached hydrogen (secondary N) is 1. The van der Waals surface area contributed by atoms with Gasteiger partial charge in [-0.15, -0.1) is 5.10 Å². The summed E-state index contributed by atoms with van der Waals surface area (Å²) in [6.07, 6.45) is 0.678. The van der Waals surface area contributed by atoms with E-state index in [0.29, 0.717) is 25.2 Å². The van der Waals surface area contributed by atoms with E-state index in [2.05, 4.69) is 10.1 Å². The number of benzene rings is 1. The molecule has 2 heterocycles. The molecule has 2 unspecified atom stereocenters. The summed E-state index contributed by atoms with van der Waals surface area (Å²) < 4.78 is 12.8. The number of aromatic nitrogens is 3. The van der Waals surface area contributed by atoms with Crippen LogP contribution in [0.4, 0.5) is 4.79 Å². The Hall–Kier alpha value is -3.88. The van der Waals surface area contributed by atoms with Crippen LogP contribution in [0.1, 0.15) is 61.5 Å². The molecule has 0 radical (unpaired) electrons. The van der Waals surface area contributed by atoms with Crippen LogP contribution in [0.5, 0.6) is 5.88 Å². The van der Waals surface area contributed by atoms with Crippen LogP contribution in [0, 0.1) is 30.1 Å². The maximum Gasteiger partial charge on any atom is 0.416 e.